The number of nitrogens with one attached hydrogen (secondary N) is 1. The van der Waals surface area contributed by atoms with E-state index in [0.717, 1.165) is 16.1 Å². The molecule has 0 saturated heterocycles. The van der Waals surface area contributed by atoms with E-state index in [0.29, 0.717) is 10.3 Å². The fraction of sp³-hybridized carbons (Fsp3) is 0.0714. The van der Waals surface area contributed by atoms with Crippen LogP contribution in [-0.4, -0.2) is 19.1 Å². The summed E-state index contributed by atoms with van der Waals surface area (Å²) in [6.45, 7) is 1.73. The Morgan fingerprint density at radius 1 is 1.27 bits per heavy atom. The van der Waals surface area contributed by atoms with Crippen molar-refractivity contribution in [2.75, 3.05) is 0 Å². The molecule has 0 aliphatic heterocycles. The first-order valence-electron chi connectivity index (χ1n) is 6.37. The number of fused-ring (bicyclic) bond motifs is 2. The van der Waals surface area contributed by atoms with Crippen LogP contribution < -0.4 is 5.69 Å². The van der Waals surface area contributed by atoms with Gasteiger partial charge in [-0.15, -0.1) is 0 Å². The third-order valence-electron chi connectivity index (χ3n) is 3.45. The molecule has 22 heavy (non-hydrogen) atoms. The van der Waals surface area contributed by atoms with E-state index in [1.807, 2.05) is 0 Å². The lowest BCUT2D eigenvalue weighted by molar-refractivity contribution is 0.612. The third-order valence-corrected chi connectivity index (χ3v) is 4.16. The van der Waals surface area contributed by atoms with Gasteiger partial charge in [0, 0.05) is 0 Å². The predicted molar refractivity (Wildman–Crippen MR) is 79.5 cm³/mol. The Hall–Kier alpha value is -2.61. The number of aromatic amines is 1. The van der Waals surface area contributed by atoms with Crippen molar-refractivity contribution in [3.63, 3.8) is 0 Å². The molecule has 0 unspecified atom stereocenters. The van der Waals surface area contributed by atoms with Gasteiger partial charge in [-0.3, -0.25) is 4.57 Å². The Morgan fingerprint density at radius 3 is 2.86 bits per heavy atom. The molecule has 8 heteroatoms. The van der Waals surface area contributed by atoms with E-state index < -0.39 is 17.3 Å². The second-order valence-electron chi connectivity index (χ2n) is 4.89. The summed E-state index contributed by atoms with van der Waals surface area (Å²) in [5.41, 5.74) is 0.155. The van der Waals surface area contributed by atoms with E-state index in [1.54, 1.807) is 19.1 Å². The van der Waals surface area contributed by atoms with Crippen LogP contribution in [0.2, 0.25) is 0 Å². The molecule has 0 fully saturated rings. The van der Waals surface area contributed by atoms with E-state index in [9.17, 15) is 13.6 Å². The number of rotatable bonds is 1. The van der Waals surface area contributed by atoms with Crippen LogP contribution in [-0.2, 0) is 0 Å². The second kappa shape index (κ2) is 4.44. The molecule has 2 aromatic carbocycles. The summed E-state index contributed by atoms with van der Waals surface area (Å²) < 4.78 is 32.9. The van der Waals surface area contributed by atoms with Crippen LogP contribution in [0.5, 0.6) is 0 Å². The number of hydrogen-bond donors (Lipinski definition) is 1. The molecule has 2 aromatic heterocycles. The minimum atomic E-state index is -0.724. The Balaban J connectivity index is 2.17. The smallest absolute Gasteiger partial charge is 0.253 e. The maximum atomic E-state index is 14.7. The van der Waals surface area contributed by atoms with Crippen molar-refractivity contribution >= 4 is 32.8 Å². The van der Waals surface area contributed by atoms with Crippen molar-refractivity contribution < 1.29 is 8.78 Å². The van der Waals surface area contributed by atoms with Crippen molar-refractivity contribution in [1.82, 2.24) is 19.1 Å². The largest absolute Gasteiger partial charge is 0.353 e. The van der Waals surface area contributed by atoms with E-state index >= 15 is 0 Å². The van der Waals surface area contributed by atoms with E-state index in [2.05, 4.69) is 14.6 Å². The van der Waals surface area contributed by atoms with Crippen LogP contribution >= 0.6 is 11.5 Å². The van der Waals surface area contributed by atoms with Crippen LogP contribution in [0.15, 0.2) is 29.1 Å². The van der Waals surface area contributed by atoms with Gasteiger partial charge in [0.05, 0.1) is 15.9 Å². The summed E-state index contributed by atoms with van der Waals surface area (Å²) in [5.74, 6) is -1.31. The average molecular weight is 318 g/mol. The minimum Gasteiger partial charge on any atom is -0.253 e. The van der Waals surface area contributed by atoms with Crippen molar-refractivity contribution in [3.05, 3.63) is 51.9 Å². The van der Waals surface area contributed by atoms with Gasteiger partial charge in [-0.05, 0) is 42.2 Å². The first kappa shape index (κ1) is 13.1. The zero-order chi connectivity index (χ0) is 15.4. The maximum absolute atomic E-state index is 14.7. The molecular weight excluding hydrogens is 310 g/mol. The molecule has 0 radical (unpaired) electrons. The molecule has 0 atom stereocenters. The Bertz CT molecular complexity index is 1100. The highest BCUT2D eigenvalue weighted by atomic mass is 32.1. The summed E-state index contributed by atoms with van der Waals surface area (Å²) in [5, 5.41) is 3.83. The van der Waals surface area contributed by atoms with Crippen molar-refractivity contribution in [2.45, 2.75) is 6.92 Å². The SMILES string of the molecule is Cc1ccc(-n2c(=O)nc3cc4s[nH]nc4c(F)c32)c(F)c1. The van der Waals surface area contributed by atoms with Crippen LogP contribution in [0.25, 0.3) is 26.9 Å². The highest BCUT2D eigenvalue weighted by Gasteiger charge is 2.20. The molecule has 0 bridgehead atoms. The zero-order valence-corrected chi connectivity index (χ0v) is 12.0. The van der Waals surface area contributed by atoms with Gasteiger partial charge in [-0.1, -0.05) is 6.07 Å². The second-order valence-corrected chi connectivity index (χ2v) is 5.72. The Labute approximate surface area is 126 Å². The normalized spacial score (nSPS) is 11.6. The fourth-order valence-corrected chi connectivity index (χ4v) is 3.09. The van der Waals surface area contributed by atoms with Crippen molar-refractivity contribution in [2.24, 2.45) is 0 Å². The molecule has 0 amide bonds. The standard InChI is InChI=1S/C14H8F2N4OS/c1-6-2-3-9(7(15)4-6)20-13-8(17-14(20)21)5-10-12(11(13)16)18-19-22-10/h2-5,19H,1H3. The predicted octanol–water partition coefficient (Wildman–Crippen LogP) is 2.91. The topological polar surface area (TPSA) is 63.6 Å². The van der Waals surface area contributed by atoms with Crippen LogP contribution in [0.4, 0.5) is 8.78 Å². The van der Waals surface area contributed by atoms with E-state index in [-0.39, 0.29) is 22.2 Å². The molecule has 110 valence electrons. The third kappa shape index (κ3) is 1.70. The average Bonchev–Trinajstić information content (AvgIpc) is 3.04. The molecule has 5 nitrogen and oxygen atoms in total. The number of halogens is 2. The molecule has 0 aliphatic carbocycles. The highest BCUT2D eigenvalue weighted by Crippen LogP contribution is 2.28. The lowest BCUT2D eigenvalue weighted by Crippen LogP contribution is -2.16. The minimum absolute atomic E-state index is 0.0319. The van der Waals surface area contributed by atoms with Gasteiger partial charge in [0.25, 0.3) is 0 Å². The van der Waals surface area contributed by atoms with Crippen molar-refractivity contribution in [1.29, 1.82) is 0 Å². The molecule has 0 spiro atoms. The number of aryl methyl sites for hydroxylation is 1. The molecule has 4 rings (SSSR count). The van der Waals surface area contributed by atoms with Gasteiger partial charge in [0.1, 0.15) is 16.9 Å². The highest BCUT2D eigenvalue weighted by molar-refractivity contribution is 7.13. The Morgan fingerprint density at radius 2 is 2.09 bits per heavy atom. The first-order valence-corrected chi connectivity index (χ1v) is 7.19. The molecule has 0 saturated carbocycles. The maximum Gasteiger partial charge on any atom is 0.353 e. The molecule has 1 N–H and O–H groups in total. The number of H-pyrrole nitrogens is 1. The lowest BCUT2D eigenvalue weighted by Gasteiger charge is -2.06. The van der Waals surface area contributed by atoms with Crippen molar-refractivity contribution in [3.8, 4) is 5.69 Å². The monoisotopic (exact) mass is 318 g/mol. The molecular formula is C14H8F2N4OS. The zero-order valence-electron chi connectivity index (χ0n) is 11.2. The summed E-state index contributed by atoms with van der Waals surface area (Å²) in [6, 6.07) is 5.93. The van der Waals surface area contributed by atoms with Gasteiger partial charge in [0.15, 0.2) is 5.82 Å². The fourth-order valence-electron chi connectivity index (χ4n) is 2.46. The summed E-state index contributed by atoms with van der Waals surface area (Å²) in [7, 11) is 0. The van der Waals surface area contributed by atoms with Gasteiger partial charge in [-0.25, -0.2) is 18.1 Å². The van der Waals surface area contributed by atoms with E-state index in [1.165, 1.54) is 12.1 Å². The number of imidazole rings is 1. The molecule has 0 aliphatic rings. The van der Waals surface area contributed by atoms with Gasteiger partial charge < -0.3 is 0 Å². The van der Waals surface area contributed by atoms with Gasteiger partial charge >= 0.3 is 5.69 Å². The van der Waals surface area contributed by atoms with Gasteiger partial charge in [0.2, 0.25) is 0 Å². The van der Waals surface area contributed by atoms with Crippen LogP contribution in [0.1, 0.15) is 5.56 Å². The van der Waals surface area contributed by atoms with E-state index in [4.69, 9.17) is 0 Å². The summed E-state index contributed by atoms with van der Waals surface area (Å²) >= 11 is 1.13. The van der Waals surface area contributed by atoms with Gasteiger partial charge in [-0.2, -0.15) is 10.1 Å². The summed E-state index contributed by atoms with van der Waals surface area (Å²) in [4.78, 5) is 15.9. The Kier molecular flexibility index (Phi) is 2.64. The van der Waals surface area contributed by atoms with Crippen LogP contribution in [0.3, 0.4) is 0 Å². The summed E-state index contributed by atoms with van der Waals surface area (Å²) in [6.07, 6.45) is 0. The number of benzene rings is 2. The van der Waals surface area contributed by atoms with Crippen LogP contribution in [0, 0.1) is 18.6 Å². The molecule has 2 heterocycles. The number of aromatic nitrogens is 4. The number of hydrogen-bond acceptors (Lipinski definition) is 4. The number of nitrogens with zero attached hydrogens (tertiary/aromatic N) is 3. The quantitative estimate of drug-likeness (QED) is 0.587. The first-order chi connectivity index (χ1) is 10.6. The lowest BCUT2D eigenvalue weighted by atomic mass is 10.2. The molecule has 4 aromatic rings.